The molecule has 162 valence electrons. The highest BCUT2D eigenvalue weighted by Gasteiger charge is 1.95. The van der Waals surface area contributed by atoms with Gasteiger partial charge in [0.2, 0.25) is 0 Å². The molecule has 0 radical (unpaired) electrons. The van der Waals surface area contributed by atoms with E-state index in [9.17, 15) is 9.59 Å². The number of hydrogen-bond donors (Lipinski definition) is 4. The summed E-state index contributed by atoms with van der Waals surface area (Å²) in [7, 11) is 0. The maximum Gasteiger partial charge on any atom is 0.303 e. The fraction of sp³-hybridized carbons (Fsp3) is 0.636. The molecule has 0 aromatic heterocycles. The van der Waals surface area contributed by atoms with Crippen LogP contribution in [0.25, 0.3) is 0 Å². The van der Waals surface area contributed by atoms with Crippen molar-refractivity contribution in [3.05, 3.63) is 24.3 Å². The lowest BCUT2D eigenvalue weighted by atomic mass is 10.1. The number of unbranched alkanes of at least 4 members (excludes halogenated alkanes) is 8. The molecular weight excluding hydrogens is 360 g/mol. The molecule has 4 N–H and O–H groups in total. The number of rotatable bonds is 12. The molecule has 6 nitrogen and oxygen atoms in total. The average Bonchev–Trinajstić information content (AvgIpc) is 2.62. The quantitative estimate of drug-likeness (QED) is 0.323. The summed E-state index contributed by atoms with van der Waals surface area (Å²) in [6.45, 7) is 4.30. The van der Waals surface area contributed by atoms with Gasteiger partial charge in [-0.1, -0.05) is 71.3 Å². The molecule has 0 aliphatic heterocycles. The second-order valence-electron chi connectivity index (χ2n) is 6.64. The predicted molar refractivity (Wildman–Crippen MR) is 112 cm³/mol. The lowest BCUT2D eigenvalue weighted by molar-refractivity contribution is -0.138. The molecule has 28 heavy (non-hydrogen) atoms. The zero-order valence-corrected chi connectivity index (χ0v) is 17.4. The van der Waals surface area contributed by atoms with Crippen LogP contribution in [-0.4, -0.2) is 32.4 Å². The fourth-order valence-corrected chi connectivity index (χ4v) is 2.25. The number of aromatic hydroxyl groups is 2. The summed E-state index contributed by atoms with van der Waals surface area (Å²) < 4.78 is 0. The summed E-state index contributed by atoms with van der Waals surface area (Å²) in [5.74, 6) is -1.16. The Labute approximate surface area is 169 Å². The summed E-state index contributed by atoms with van der Waals surface area (Å²) in [4.78, 5) is 20.1. The lowest BCUT2D eigenvalue weighted by Crippen LogP contribution is -1.93. The summed E-state index contributed by atoms with van der Waals surface area (Å²) in [6, 6.07) is 5.85. The van der Waals surface area contributed by atoms with Gasteiger partial charge < -0.3 is 20.4 Å². The topological polar surface area (TPSA) is 115 Å². The molecule has 0 amide bonds. The molecule has 0 saturated carbocycles. The highest BCUT2D eigenvalue weighted by atomic mass is 16.4. The Morgan fingerprint density at radius 3 is 1.29 bits per heavy atom. The Balaban J connectivity index is 0. The lowest BCUT2D eigenvalue weighted by Gasteiger charge is -1.95. The zero-order chi connectivity index (χ0) is 21.6. The zero-order valence-electron chi connectivity index (χ0n) is 17.4. The van der Waals surface area contributed by atoms with Crippen LogP contribution in [0.2, 0.25) is 0 Å². The van der Waals surface area contributed by atoms with E-state index >= 15 is 0 Å². The normalized spacial score (nSPS) is 9.50. The van der Waals surface area contributed by atoms with Crippen LogP contribution in [0, 0.1) is 0 Å². The summed E-state index contributed by atoms with van der Waals surface area (Å²) in [6.07, 6.45) is 11.8. The van der Waals surface area contributed by atoms with Crippen molar-refractivity contribution in [2.45, 2.75) is 90.9 Å². The van der Waals surface area contributed by atoms with Gasteiger partial charge in [-0.25, -0.2) is 0 Å². The Morgan fingerprint density at radius 1 is 0.679 bits per heavy atom. The number of benzene rings is 1. The number of aliphatic carboxylic acids is 2. The SMILES string of the molecule is CCCCCCCC(=O)O.CCCCCCCC(=O)O.Oc1cccc(O)c1. The molecule has 0 heterocycles. The molecule has 0 spiro atoms. The first-order chi connectivity index (χ1) is 13.3. The smallest absolute Gasteiger partial charge is 0.303 e. The van der Waals surface area contributed by atoms with E-state index in [-0.39, 0.29) is 11.5 Å². The first-order valence-corrected chi connectivity index (χ1v) is 10.2. The van der Waals surface area contributed by atoms with Crippen LogP contribution in [0.1, 0.15) is 90.9 Å². The van der Waals surface area contributed by atoms with E-state index in [0.29, 0.717) is 12.8 Å². The van der Waals surface area contributed by atoms with Gasteiger partial charge in [0.25, 0.3) is 0 Å². The number of carboxylic acid groups (broad SMARTS) is 2. The van der Waals surface area contributed by atoms with Gasteiger partial charge in [-0.05, 0) is 25.0 Å². The Bertz CT molecular complexity index is 460. The first-order valence-electron chi connectivity index (χ1n) is 10.2. The van der Waals surface area contributed by atoms with Crippen molar-refractivity contribution in [3.8, 4) is 11.5 Å². The van der Waals surface area contributed by atoms with E-state index in [4.69, 9.17) is 20.4 Å². The predicted octanol–water partition coefficient (Wildman–Crippen LogP) is 5.96. The standard InChI is InChI=1S/2C8H16O2.C6H6O2/c2*1-2-3-4-5-6-7-8(9)10;7-5-2-1-3-6(8)4-5/h2*2-7H2,1H3,(H,9,10);1-4,7-8H. The molecule has 1 aromatic rings. The third-order valence-corrected chi connectivity index (χ3v) is 3.82. The van der Waals surface area contributed by atoms with E-state index in [2.05, 4.69) is 13.8 Å². The summed E-state index contributed by atoms with van der Waals surface area (Å²) in [5.41, 5.74) is 0. The van der Waals surface area contributed by atoms with Gasteiger partial charge in [0.1, 0.15) is 11.5 Å². The van der Waals surface area contributed by atoms with Gasteiger partial charge in [0, 0.05) is 18.9 Å². The molecule has 0 saturated heterocycles. The summed E-state index contributed by atoms with van der Waals surface area (Å²) >= 11 is 0. The Morgan fingerprint density at radius 2 is 1.04 bits per heavy atom. The van der Waals surface area contributed by atoms with Crippen molar-refractivity contribution < 1.29 is 30.0 Å². The largest absolute Gasteiger partial charge is 0.508 e. The molecule has 1 rings (SSSR count). The number of phenols is 2. The van der Waals surface area contributed by atoms with Crippen LogP contribution in [0.15, 0.2) is 24.3 Å². The van der Waals surface area contributed by atoms with Gasteiger partial charge in [0.15, 0.2) is 0 Å². The molecule has 0 aliphatic carbocycles. The third kappa shape index (κ3) is 26.0. The van der Waals surface area contributed by atoms with Gasteiger partial charge >= 0.3 is 11.9 Å². The fourth-order valence-electron chi connectivity index (χ4n) is 2.25. The highest BCUT2D eigenvalue weighted by Crippen LogP contribution is 2.14. The Kier molecular flexibility index (Phi) is 21.0. The van der Waals surface area contributed by atoms with Crippen molar-refractivity contribution >= 4 is 11.9 Å². The van der Waals surface area contributed by atoms with Crippen LogP contribution in [0.3, 0.4) is 0 Å². The molecular formula is C22H38O6. The van der Waals surface area contributed by atoms with E-state index in [1.807, 2.05) is 0 Å². The highest BCUT2D eigenvalue weighted by molar-refractivity contribution is 5.66. The van der Waals surface area contributed by atoms with Gasteiger partial charge in [-0.3, -0.25) is 9.59 Å². The van der Waals surface area contributed by atoms with Gasteiger partial charge in [-0.2, -0.15) is 0 Å². The van der Waals surface area contributed by atoms with Crippen molar-refractivity contribution in [3.63, 3.8) is 0 Å². The van der Waals surface area contributed by atoms with Crippen LogP contribution < -0.4 is 0 Å². The molecule has 0 fully saturated rings. The number of hydrogen-bond acceptors (Lipinski definition) is 4. The van der Waals surface area contributed by atoms with Crippen LogP contribution in [-0.2, 0) is 9.59 Å². The summed E-state index contributed by atoms with van der Waals surface area (Å²) in [5, 5.41) is 33.8. The van der Waals surface area contributed by atoms with Gasteiger partial charge in [0.05, 0.1) is 0 Å². The van der Waals surface area contributed by atoms with E-state index in [1.54, 1.807) is 6.07 Å². The van der Waals surface area contributed by atoms with Crippen molar-refractivity contribution in [1.29, 1.82) is 0 Å². The van der Waals surface area contributed by atoms with Crippen LogP contribution in [0.5, 0.6) is 11.5 Å². The van der Waals surface area contributed by atoms with Crippen molar-refractivity contribution in [2.75, 3.05) is 0 Å². The molecule has 0 atom stereocenters. The first kappa shape index (κ1) is 28.0. The molecule has 0 aliphatic rings. The molecule has 6 heteroatoms. The van der Waals surface area contributed by atoms with Crippen molar-refractivity contribution in [2.24, 2.45) is 0 Å². The molecule has 1 aromatic carbocycles. The minimum atomic E-state index is -0.670. The Hall–Kier alpha value is -2.24. The number of phenolic OH excluding ortho intramolecular Hbond substituents is 2. The number of carbonyl (C=O) groups is 2. The third-order valence-electron chi connectivity index (χ3n) is 3.82. The maximum atomic E-state index is 10.0. The van der Waals surface area contributed by atoms with E-state index in [1.165, 1.54) is 56.7 Å². The average molecular weight is 399 g/mol. The second-order valence-corrected chi connectivity index (χ2v) is 6.64. The molecule has 0 bridgehead atoms. The van der Waals surface area contributed by atoms with Crippen LogP contribution >= 0.6 is 0 Å². The maximum absolute atomic E-state index is 10.0. The van der Waals surface area contributed by atoms with Crippen LogP contribution in [0.4, 0.5) is 0 Å². The van der Waals surface area contributed by atoms with Crippen molar-refractivity contribution in [1.82, 2.24) is 0 Å². The van der Waals surface area contributed by atoms with E-state index in [0.717, 1.165) is 25.7 Å². The molecule has 0 unspecified atom stereocenters. The minimum absolute atomic E-state index is 0.0880. The monoisotopic (exact) mass is 398 g/mol. The van der Waals surface area contributed by atoms with Gasteiger partial charge in [-0.15, -0.1) is 0 Å². The number of carboxylic acids is 2. The van der Waals surface area contributed by atoms with E-state index < -0.39 is 11.9 Å². The second kappa shape index (κ2) is 21.1. The minimum Gasteiger partial charge on any atom is -0.508 e.